The number of carbonyl (C=O) groups is 1. The number of hydrogen-bond donors (Lipinski definition) is 1. The van der Waals surface area contributed by atoms with E-state index in [9.17, 15) is 13.2 Å². The first-order valence-electron chi connectivity index (χ1n) is 7.17. The van der Waals surface area contributed by atoms with Gasteiger partial charge in [-0.3, -0.25) is 9.52 Å². The minimum Gasteiger partial charge on any atom is -0.289 e. The molecule has 0 heterocycles. The van der Waals surface area contributed by atoms with Gasteiger partial charge in [-0.1, -0.05) is 30.3 Å². The summed E-state index contributed by atoms with van der Waals surface area (Å²) < 4.78 is 25.7. The van der Waals surface area contributed by atoms with E-state index in [-0.39, 0.29) is 5.78 Å². The molecule has 1 aliphatic rings. The molecule has 22 heavy (non-hydrogen) atoms. The Kier molecular flexibility index (Phi) is 3.74. The molecule has 0 saturated heterocycles. The van der Waals surface area contributed by atoms with Crippen LogP contribution in [0.1, 0.15) is 33.5 Å². The van der Waals surface area contributed by atoms with E-state index in [4.69, 9.17) is 0 Å². The summed E-state index contributed by atoms with van der Waals surface area (Å²) in [5, 5.41) is 0. The Morgan fingerprint density at radius 3 is 2.32 bits per heavy atom. The summed E-state index contributed by atoms with van der Waals surface area (Å²) in [7, 11) is -3.44. The molecule has 0 bridgehead atoms. The van der Waals surface area contributed by atoms with Gasteiger partial charge in [0.25, 0.3) is 0 Å². The van der Waals surface area contributed by atoms with Crippen LogP contribution in [0.25, 0.3) is 0 Å². The highest BCUT2D eigenvalue weighted by molar-refractivity contribution is 7.92. The summed E-state index contributed by atoms with van der Waals surface area (Å²) in [4.78, 5) is 12.7. The maximum absolute atomic E-state index is 12.7. The van der Waals surface area contributed by atoms with Crippen molar-refractivity contribution in [1.82, 2.24) is 0 Å². The standard InChI is InChI=1S/C17H17NO3S/c1-22(20,21)18-16-11-14-9-5-8-13(14)10-15(16)17(19)12-6-3-2-4-7-12/h2-4,6-7,10-11,18H,5,8-9H2,1H3. The third kappa shape index (κ3) is 3.04. The van der Waals surface area contributed by atoms with Gasteiger partial charge in [0, 0.05) is 11.1 Å². The third-order valence-corrected chi connectivity index (χ3v) is 4.40. The Balaban J connectivity index is 2.11. The highest BCUT2D eigenvalue weighted by Gasteiger charge is 2.21. The first-order chi connectivity index (χ1) is 10.4. The number of ketones is 1. The van der Waals surface area contributed by atoms with Gasteiger partial charge in [0.2, 0.25) is 10.0 Å². The summed E-state index contributed by atoms with van der Waals surface area (Å²) in [5.74, 6) is -0.165. The van der Waals surface area contributed by atoms with Crippen LogP contribution in [0.3, 0.4) is 0 Å². The second kappa shape index (κ2) is 5.57. The Bertz CT molecular complexity index is 826. The molecule has 0 amide bonds. The number of hydrogen-bond acceptors (Lipinski definition) is 3. The lowest BCUT2D eigenvalue weighted by Gasteiger charge is -2.13. The molecule has 0 atom stereocenters. The molecule has 0 radical (unpaired) electrons. The van der Waals surface area contributed by atoms with E-state index in [0.29, 0.717) is 16.8 Å². The minimum atomic E-state index is -3.44. The molecular formula is C17H17NO3S. The summed E-state index contributed by atoms with van der Waals surface area (Å²) in [6.45, 7) is 0. The van der Waals surface area contributed by atoms with Crippen LogP contribution in [-0.2, 0) is 22.9 Å². The molecule has 0 unspecified atom stereocenters. The molecule has 5 heteroatoms. The maximum atomic E-state index is 12.7. The summed E-state index contributed by atoms with van der Waals surface area (Å²) in [6.07, 6.45) is 3.99. The fraction of sp³-hybridized carbons (Fsp3) is 0.235. The number of carbonyl (C=O) groups excluding carboxylic acids is 1. The van der Waals surface area contributed by atoms with Gasteiger partial charge in [0.05, 0.1) is 11.9 Å². The highest BCUT2D eigenvalue weighted by Crippen LogP contribution is 2.30. The van der Waals surface area contributed by atoms with Crippen LogP contribution < -0.4 is 4.72 Å². The average Bonchev–Trinajstić information content (AvgIpc) is 2.92. The molecule has 1 N–H and O–H groups in total. The summed E-state index contributed by atoms with van der Waals surface area (Å²) in [5.41, 5.74) is 3.60. The van der Waals surface area contributed by atoms with Crippen LogP contribution in [-0.4, -0.2) is 20.5 Å². The maximum Gasteiger partial charge on any atom is 0.229 e. The van der Waals surface area contributed by atoms with Crippen LogP contribution in [0.2, 0.25) is 0 Å². The van der Waals surface area contributed by atoms with Crippen LogP contribution in [0.5, 0.6) is 0 Å². The average molecular weight is 315 g/mol. The molecule has 2 aromatic rings. The van der Waals surface area contributed by atoms with Gasteiger partial charge in [-0.25, -0.2) is 8.42 Å². The topological polar surface area (TPSA) is 63.2 Å². The summed E-state index contributed by atoms with van der Waals surface area (Å²) >= 11 is 0. The van der Waals surface area contributed by atoms with Crippen molar-refractivity contribution >= 4 is 21.5 Å². The zero-order chi connectivity index (χ0) is 15.7. The fourth-order valence-electron chi connectivity index (χ4n) is 2.84. The predicted molar refractivity (Wildman–Crippen MR) is 86.8 cm³/mol. The quantitative estimate of drug-likeness (QED) is 0.882. The van der Waals surface area contributed by atoms with E-state index in [1.807, 2.05) is 12.1 Å². The highest BCUT2D eigenvalue weighted by atomic mass is 32.2. The normalized spacial score (nSPS) is 13.7. The molecule has 3 rings (SSSR count). The minimum absolute atomic E-state index is 0.165. The van der Waals surface area contributed by atoms with E-state index >= 15 is 0 Å². The number of nitrogens with one attached hydrogen (secondary N) is 1. The molecule has 0 spiro atoms. The lowest BCUT2D eigenvalue weighted by atomic mass is 9.97. The van der Waals surface area contributed by atoms with Crippen LogP contribution in [0, 0.1) is 0 Å². The number of rotatable bonds is 4. The third-order valence-electron chi connectivity index (χ3n) is 3.81. The Labute approximate surface area is 130 Å². The predicted octanol–water partition coefficient (Wildman–Crippen LogP) is 2.78. The van der Waals surface area contributed by atoms with Crippen LogP contribution >= 0.6 is 0 Å². The van der Waals surface area contributed by atoms with Crippen molar-refractivity contribution in [2.45, 2.75) is 19.3 Å². The van der Waals surface area contributed by atoms with Gasteiger partial charge in [0.1, 0.15) is 0 Å². The van der Waals surface area contributed by atoms with Crippen molar-refractivity contribution < 1.29 is 13.2 Å². The zero-order valence-corrected chi connectivity index (χ0v) is 13.1. The second-order valence-electron chi connectivity index (χ2n) is 5.59. The smallest absolute Gasteiger partial charge is 0.229 e. The molecule has 1 aliphatic carbocycles. The summed E-state index contributed by atoms with van der Waals surface area (Å²) in [6, 6.07) is 12.5. The first kappa shape index (κ1) is 14.8. The molecule has 0 fully saturated rings. The van der Waals surface area contributed by atoms with Gasteiger partial charge in [0.15, 0.2) is 5.78 Å². The Morgan fingerprint density at radius 1 is 1.05 bits per heavy atom. The van der Waals surface area contributed by atoms with E-state index in [1.54, 1.807) is 30.3 Å². The lowest BCUT2D eigenvalue weighted by Crippen LogP contribution is -2.14. The van der Waals surface area contributed by atoms with Gasteiger partial charge in [-0.15, -0.1) is 0 Å². The number of fused-ring (bicyclic) bond motifs is 1. The van der Waals surface area contributed by atoms with Crippen molar-refractivity contribution in [3.63, 3.8) is 0 Å². The largest absolute Gasteiger partial charge is 0.289 e. The fourth-order valence-corrected chi connectivity index (χ4v) is 3.41. The molecule has 2 aromatic carbocycles. The number of anilines is 1. The zero-order valence-electron chi connectivity index (χ0n) is 12.3. The van der Waals surface area contributed by atoms with Crippen molar-refractivity contribution in [3.8, 4) is 0 Å². The molecular weight excluding hydrogens is 298 g/mol. The molecule has 0 aliphatic heterocycles. The SMILES string of the molecule is CS(=O)(=O)Nc1cc2c(cc1C(=O)c1ccccc1)CCC2. The lowest BCUT2D eigenvalue weighted by molar-refractivity contribution is 0.103. The van der Waals surface area contributed by atoms with Crippen LogP contribution in [0.15, 0.2) is 42.5 Å². The molecule has 0 aromatic heterocycles. The number of sulfonamides is 1. The first-order valence-corrected chi connectivity index (χ1v) is 9.06. The molecule has 114 valence electrons. The van der Waals surface area contributed by atoms with Crippen molar-refractivity contribution in [2.24, 2.45) is 0 Å². The van der Waals surface area contributed by atoms with Crippen molar-refractivity contribution in [3.05, 3.63) is 64.7 Å². The van der Waals surface area contributed by atoms with Crippen molar-refractivity contribution in [1.29, 1.82) is 0 Å². The molecule has 0 saturated carbocycles. The second-order valence-corrected chi connectivity index (χ2v) is 7.34. The van der Waals surface area contributed by atoms with E-state index in [2.05, 4.69) is 4.72 Å². The van der Waals surface area contributed by atoms with Gasteiger partial charge in [-0.05, 0) is 42.5 Å². The van der Waals surface area contributed by atoms with E-state index < -0.39 is 10.0 Å². The number of benzene rings is 2. The van der Waals surface area contributed by atoms with Crippen LogP contribution in [0.4, 0.5) is 5.69 Å². The van der Waals surface area contributed by atoms with Gasteiger partial charge >= 0.3 is 0 Å². The Hall–Kier alpha value is -2.14. The van der Waals surface area contributed by atoms with E-state index in [1.165, 1.54) is 0 Å². The number of aryl methyl sites for hydroxylation is 2. The van der Waals surface area contributed by atoms with Crippen molar-refractivity contribution in [2.75, 3.05) is 11.0 Å². The monoisotopic (exact) mass is 315 g/mol. The van der Waals surface area contributed by atoms with Gasteiger partial charge < -0.3 is 0 Å². The molecule has 4 nitrogen and oxygen atoms in total. The van der Waals surface area contributed by atoms with E-state index in [0.717, 1.165) is 36.6 Å². The van der Waals surface area contributed by atoms with Gasteiger partial charge in [-0.2, -0.15) is 0 Å². The Morgan fingerprint density at radius 2 is 1.68 bits per heavy atom.